The molecule has 0 bridgehead atoms. The van der Waals surface area contributed by atoms with Crippen LogP contribution in [0.4, 0.5) is 4.39 Å². The molecule has 0 heterocycles. The molecular weight excluding hydrogens is 355 g/mol. The first-order valence-electron chi connectivity index (χ1n) is 5.06. The van der Waals surface area contributed by atoms with Crippen LogP contribution in [0.2, 0.25) is 5.02 Å². The van der Waals surface area contributed by atoms with Gasteiger partial charge in [-0.2, -0.15) is 0 Å². The van der Waals surface area contributed by atoms with Crippen LogP contribution in [0.1, 0.15) is 17.9 Å². The van der Waals surface area contributed by atoms with Crippen LogP contribution in [0.3, 0.4) is 0 Å². The molecule has 1 aliphatic rings. The summed E-state index contributed by atoms with van der Waals surface area (Å²) in [5, 5.41) is 3.48. The van der Waals surface area contributed by atoms with E-state index in [-0.39, 0.29) is 41.8 Å². The molecule has 94 valence electrons. The predicted octanol–water partition coefficient (Wildman–Crippen LogP) is 2.49. The highest BCUT2D eigenvalue weighted by molar-refractivity contribution is 14.0. The smallest absolute Gasteiger partial charge is 0.188 e. The maximum atomic E-state index is 13.6. The van der Waals surface area contributed by atoms with Gasteiger partial charge in [-0.1, -0.05) is 17.7 Å². The summed E-state index contributed by atoms with van der Waals surface area (Å²) >= 11 is 5.97. The number of hydrogen-bond acceptors (Lipinski definition) is 1. The summed E-state index contributed by atoms with van der Waals surface area (Å²) in [5.74, 6) is 0.211. The van der Waals surface area contributed by atoms with Crippen molar-refractivity contribution in [2.45, 2.75) is 18.4 Å². The third kappa shape index (κ3) is 3.22. The summed E-state index contributed by atoms with van der Waals surface area (Å²) in [5.41, 5.74) is 6.12. The van der Waals surface area contributed by atoms with Crippen molar-refractivity contribution in [1.29, 1.82) is 0 Å². The fourth-order valence-corrected chi connectivity index (χ4v) is 2.10. The van der Waals surface area contributed by atoms with E-state index in [9.17, 15) is 4.39 Å². The van der Waals surface area contributed by atoms with Gasteiger partial charge in [-0.15, -0.1) is 24.0 Å². The van der Waals surface area contributed by atoms with Crippen LogP contribution in [-0.4, -0.2) is 19.0 Å². The fraction of sp³-hybridized carbons (Fsp3) is 0.364. The SMILES string of the molecule is CN=C(N)NC1CC1c1c(F)cccc1Cl.I. The topological polar surface area (TPSA) is 50.4 Å². The zero-order valence-corrected chi connectivity index (χ0v) is 12.4. The Morgan fingerprint density at radius 2 is 2.29 bits per heavy atom. The molecule has 1 aliphatic carbocycles. The van der Waals surface area contributed by atoms with Crippen molar-refractivity contribution >= 4 is 41.5 Å². The summed E-state index contributed by atoms with van der Waals surface area (Å²) in [6.45, 7) is 0. The minimum Gasteiger partial charge on any atom is -0.370 e. The van der Waals surface area contributed by atoms with E-state index in [1.165, 1.54) is 6.07 Å². The highest BCUT2D eigenvalue weighted by atomic mass is 127. The van der Waals surface area contributed by atoms with Gasteiger partial charge < -0.3 is 11.1 Å². The Morgan fingerprint density at radius 1 is 1.59 bits per heavy atom. The molecule has 0 aliphatic heterocycles. The van der Waals surface area contributed by atoms with E-state index in [4.69, 9.17) is 17.3 Å². The number of halogens is 3. The minimum atomic E-state index is -0.256. The lowest BCUT2D eigenvalue weighted by atomic mass is 10.1. The molecule has 1 aromatic rings. The number of aliphatic imine (C=N–C) groups is 1. The number of nitrogens with two attached hydrogens (primary N) is 1. The zero-order valence-electron chi connectivity index (χ0n) is 9.28. The van der Waals surface area contributed by atoms with Crippen LogP contribution < -0.4 is 11.1 Å². The molecule has 0 aromatic heterocycles. The van der Waals surface area contributed by atoms with Crippen LogP contribution in [0.5, 0.6) is 0 Å². The van der Waals surface area contributed by atoms with Crippen LogP contribution >= 0.6 is 35.6 Å². The third-order valence-corrected chi connectivity index (χ3v) is 3.06. The lowest BCUT2D eigenvalue weighted by Gasteiger charge is -2.06. The number of nitrogens with one attached hydrogen (secondary N) is 1. The summed E-state index contributed by atoms with van der Waals surface area (Å²) in [6.07, 6.45) is 0.830. The van der Waals surface area contributed by atoms with Gasteiger partial charge in [0.15, 0.2) is 5.96 Å². The van der Waals surface area contributed by atoms with E-state index < -0.39 is 0 Å². The van der Waals surface area contributed by atoms with Gasteiger partial charge in [0.2, 0.25) is 0 Å². The highest BCUT2D eigenvalue weighted by Gasteiger charge is 2.41. The number of hydrogen-bond donors (Lipinski definition) is 2. The maximum Gasteiger partial charge on any atom is 0.188 e. The lowest BCUT2D eigenvalue weighted by Crippen LogP contribution is -2.33. The van der Waals surface area contributed by atoms with E-state index in [1.54, 1.807) is 19.2 Å². The van der Waals surface area contributed by atoms with Gasteiger partial charge in [0.1, 0.15) is 5.82 Å². The van der Waals surface area contributed by atoms with Crippen molar-refractivity contribution in [3.05, 3.63) is 34.6 Å². The highest BCUT2D eigenvalue weighted by Crippen LogP contribution is 2.44. The summed E-state index contributed by atoms with van der Waals surface area (Å²) in [7, 11) is 1.61. The van der Waals surface area contributed by atoms with Crippen molar-refractivity contribution in [3.63, 3.8) is 0 Å². The van der Waals surface area contributed by atoms with Gasteiger partial charge in [-0.25, -0.2) is 4.39 Å². The number of benzene rings is 1. The summed E-state index contributed by atoms with van der Waals surface area (Å²) in [6, 6.07) is 4.87. The predicted molar refractivity (Wildman–Crippen MR) is 78.7 cm³/mol. The first-order valence-corrected chi connectivity index (χ1v) is 5.44. The average molecular weight is 370 g/mol. The molecule has 0 saturated heterocycles. The molecule has 0 spiro atoms. The second kappa shape index (κ2) is 5.86. The van der Waals surface area contributed by atoms with Gasteiger partial charge in [0.25, 0.3) is 0 Å². The maximum absolute atomic E-state index is 13.6. The second-order valence-corrected chi connectivity index (χ2v) is 4.24. The van der Waals surface area contributed by atoms with Crippen molar-refractivity contribution < 1.29 is 4.39 Å². The molecule has 3 nitrogen and oxygen atoms in total. The van der Waals surface area contributed by atoms with Crippen molar-refractivity contribution in [2.75, 3.05) is 7.05 Å². The molecule has 1 fully saturated rings. The molecule has 3 N–H and O–H groups in total. The van der Waals surface area contributed by atoms with Crippen LogP contribution in [-0.2, 0) is 0 Å². The molecule has 2 unspecified atom stereocenters. The molecule has 6 heteroatoms. The Morgan fingerprint density at radius 3 is 2.88 bits per heavy atom. The van der Waals surface area contributed by atoms with E-state index in [0.717, 1.165) is 6.42 Å². The van der Waals surface area contributed by atoms with Gasteiger partial charge >= 0.3 is 0 Å². The Labute approximate surface area is 122 Å². The average Bonchev–Trinajstić information content (AvgIpc) is 2.97. The molecule has 17 heavy (non-hydrogen) atoms. The summed E-state index contributed by atoms with van der Waals surface area (Å²) in [4.78, 5) is 3.80. The summed E-state index contributed by atoms with van der Waals surface area (Å²) < 4.78 is 13.6. The quantitative estimate of drug-likeness (QED) is 0.478. The lowest BCUT2D eigenvalue weighted by molar-refractivity contribution is 0.608. The molecule has 0 radical (unpaired) electrons. The molecule has 2 atom stereocenters. The Balaban J connectivity index is 0.00000144. The first-order chi connectivity index (χ1) is 7.63. The number of nitrogens with zero attached hydrogens (tertiary/aromatic N) is 1. The van der Waals surface area contributed by atoms with Crippen LogP contribution in [0.15, 0.2) is 23.2 Å². The normalized spacial score (nSPS) is 22.9. The van der Waals surface area contributed by atoms with Crippen LogP contribution in [0, 0.1) is 5.82 Å². The van der Waals surface area contributed by atoms with Crippen molar-refractivity contribution in [2.24, 2.45) is 10.7 Å². The first kappa shape index (κ1) is 14.5. The van der Waals surface area contributed by atoms with E-state index >= 15 is 0 Å². The minimum absolute atomic E-state index is 0. The Kier molecular flexibility index (Phi) is 5.00. The number of rotatable bonds is 2. The van der Waals surface area contributed by atoms with Crippen molar-refractivity contribution in [3.8, 4) is 0 Å². The molecule has 0 amide bonds. The Bertz CT molecular complexity index is 418. The number of guanidine groups is 1. The van der Waals surface area contributed by atoms with E-state index in [1.807, 2.05) is 0 Å². The second-order valence-electron chi connectivity index (χ2n) is 3.84. The van der Waals surface area contributed by atoms with Gasteiger partial charge in [-0.3, -0.25) is 4.99 Å². The standard InChI is InChI=1S/C11H13ClFN3.HI/c1-15-11(14)16-9-5-6(9)10-7(12)3-2-4-8(10)13;/h2-4,6,9H,5H2,1H3,(H3,14,15,16);1H. The van der Waals surface area contributed by atoms with Gasteiger partial charge in [-0.05, 0) is 18.6 Å². The van der Waals surface area contributed by atoms with Crippen LogP contribution in [0.25, 0.3) is 0 Å². The molecule has 2 rings (SSSR count). The van der Waals surface area contributed by atoms with Crippen molar-refractivity contribution in [1.82, 2.24) is 5.32 Å². The molecule has 1 aromatic carbocycles. The monoisotopic (exact) mass is 369 g/mol. The van der Waals surface area contributed by atoms with Gasteiger partial charge in [0, 0.05) is 29.6 Å². The van der Waals surface area contributed by atoms with E-state index in [2.05, 4.69) is 10.3 Å². The molecular formula is C11H14ClFIN3. The van der Waals surface area contributed by atoms with Gasteiger partial charge in [0.05, 0.1) is 0 Å². The fourth-order valence-electron chi connectivity index (χ4n) is 1.79. The zero-order chi connectivity index (χ0) is 11.7. The van der Waals surface area contributed by atoms with E-state index in [0.29, 0.717) is 16.5 Å². The molecule has 1 saturated carbocycles. The Hall–Kier alpha value is -0.560. The largest absolute Gasteiger partial charge is 0.370 e. The third-order valence-electron chi connectivity index (χ3n) is 2.74.